The number of anilines is 1. The van der Waals surface area contributed by atoms with Crippen LogP contribution in [0, 0.1) is 0 Å². The van der Waals surface area contributed by atoms with Crippen molar-refractivity contribution >= 4 is 95.8 Å². The minimum atomic E-state index is -4.51. The SMILES string of the molecule is Nc1cc2ccc(S(=O)(=O)O)cc2cc1S(=O)(=O)O.[NaH].[NaH]. The molecule has 0 aromatic heterocycles. The number of hydrogen-bond acceptors (Lipinski definition) is 5. The van der Waals surface area contributed by atoms with Crippen LogP contribution in [0.4, 0.5) is 5.69 Å². The fourth-order valence-electron chi connectivity index (χ4n) is 1.66. The summed E-state index contributed by atoms with van der Waals surface area (Å²) < 4.78 is 62.0. The van der Waals surface area contributed by atoms with Crippen molar-refractivity contribution in [3.8, 4) is 0 Å². The second kappa shape index (κ2) is 7.26. The first-order valence-electron chi connectivity index (χ1n) is 4.87. The Hall–Kier alpha value is 0.320. The average molecular weight is 351 g/mol. The van der Waals surface area contributed by atoms with Gasteiger partial charge in [0.1, 0.15) is 4.90 Å². The molecule has 0 bridgehead atoms. The van der Waals surface area contributed by atoms with Crippen molar-refractivity contribution in [2.45, 2.75) is 9.79 Å². The zero-order valence-corrected chi connectivity index (χ0v) is 10.9. The molecule has 0 radical (unpaired) electrons. The molecule has 0 amide bonds. The molecule has 7 nitrogen and oxygen atoms in total. The van der Waals surface area contributed by atoms with Crippen molar-refractivity contribution in [3.63, 3.8) is 0 Å². The molecule has 0 saturated heterocycles. The van der Waals surface area contributed by atoms with Crippen LogP contribution in [-0.4, -0.2) is 85.1 Å². The Morgan fingerprint density at radius 3 is 1.86 bits per heavy atom. The molecule has 0 spiro atoms. The van der Waals surface area contributed by atoms with Crippen molar-refractivity contribution < 1.29 is 25.9 Å². The quantitative estimate of drug-likeness (QED) is 0.381. The first-order chi connectivity index (χ1) is 8.59. The molecule has 2 rings (SSSR count). The number of fused-ring (bicyclic) bond motifs is 1. The molecule has 2 aromatic rings. The van der Waals surface area contributed by atoms with Crippen LogP contribution in [0.15, 0.2) is 40.1 Å². The molecule has 0 aliphatic rings. The van der Waals surface area contributed by atoms with E-state index in [4.69, 9.17) is 14.8 Å². The van der Waals surface area contributed by atoms with Gasteiger partial charge in [-0.05, 0) is 35.0 Å². The molecule has 0 heterocycles. The van der Waals surface area contributed by atoms with Gasteiger partial charge in [0.05, 0.1) is 10.6 Å². The van der Waals surface area contributed by atoms with Gasteiger partial charge in [0.15, 0.2) is 0 Å². The predicted molar refractivity (Wildman–Crippen MR) is 82.3 cm³/mol. The van der Waals surface area contributed by atoms with Crippen molar-refractivity contribution in [1.82, 2.24) is 0 Å². The van der Waals surface area contributed by atoms with E-state index in [1.165, 1.54) is 12.1 Å². The third-order valence-corrected chi connectivity index (χ3v) is 4.28. The van der Waals surface area contributed by atoms with Gasteiger partial charge in [-0.3, -0.25) is 9.11 Å². The third-order valence-electron chi connectivity index (χ3n) is 2.52. The van der Waals surface area contributed by atoms with Crippen LogP contribution in [0.2, 0.25) is 0 Å². The van der Waals surface area contributed by atoms with E-state index in [0.717, 1.165) is 18.2 Å². The standard InChI is InChI=1S/C10H9NO6S2.2Na.2H/c11-9-4-6-1-2-8(18(12,13)14)3-7(6)5-10(9)19(15,16)17;;;;/h1-5H,11H2,(H,12,13,14)(H,15,16,17);;;;. The Kier molecular flexibility index (Phi) is 7.37. The molecule has 4 N–H and O–H groups in total. The molecule has 11 heteroatoms. The Morgan fingerprint density at radius 1 is 0.810 bits per heavy atom. The third kappa shape index (κ3) is 4.90. The van der Waals surface area contributed by atoms with Gasteiger partial charge in [-0.15, -0.1) is 0 Å². The predicted octanol–water partition coefficient (Wildman–Crippen LogP) is -0.382. The first-order valence-corrected chi connectivity index (χ1v) is 7.75. The Bertz CT molecular complexity index is 880. The number of benzene rings is 2. The fourth-order valence-corrected chi connectivity index (χ4v) is 2.80. The summed E-state index contributed by atoms with van der Waals surface area (Å²) >= 11 is 0. The fraction of sp³-hybridized carbons (Fsp3) is 0. The zero-order chi connectivity index (χ0) is 14.4. The summed E-state index contributed by atoms with van der Waals surface area (Å²) in [5.41, 5.74) is 5.33. The van der Waals surface area contributed by atoms with Gasteiger partial charge in [-0.25, -0.2) is 0 Å². The van der Waals surface area contributed by atoms with Crippen molar-refractivity contribution in [2.24, 2.45) is 0 Å². The molecule has 0 fully saturated rings. The molecule has 0 atom stereocenters. The molecule has 2 aromatic carbocycles. The van der Waals surface area contributed by atoms with E-state index in [1.54, 1.807) is 0 Å². The summed E-state index contributed by atoms with van der Waals surface area (Å²) in [6, 6.07) is 5.92. The monoisotopic (exact) mass is 351 g/mol. The molecular formula is C10H11NNa2O6S2. The van der Waals surface area contributed by atoms with Crippen LogP contribution in [0.3, 0.4) is 0 Å². The summed E-state index contributed by atoms with van der Waals surface area (Å²) in [5.74, 6) is 0. The molecule has 0 unspecified atom stereocenters. The summed E-state index contributed by atoms with van der Waals surface area (Å²) in [7, 11) is -8.91. The Morgan fingerprint density at radius 2 is 1.38 bits per heavy atom. The minimum absolute atomic E-state index is 0. The van der Waals surface area contributed by atoms with Crippen LogP contribution in [-0.2, 0) is 20.2 Å². The second-order valence-electron chi connectivity index (χ2n) is 3.85. The van der Waals surface area contributed by atoms with Crippen molar-refractivity contribution in [2.75, 3.05) is 5.73 Å². The van der Waals surface area contributed by atoms with Crippen LogP contribution in [0.1, 0.15) is 0 Å². The molecule has 0 aliphatic carbocycles. The van der Waals surface area contributed by atoms with Crippen molar-refractivity contribution in [1.29, 1.82) is 0 Å². The van der Waals surface area contributed by atoms with Crippen LogP contribution in [0.5, 0.6) is 0 Å². The average Bonchev–Trinajstić information content (AvgIpc) is 2.24. The summed E-state index contributed by atoms with van der Waals surface area (Å²) in [4.78, 5) is -0.904. The van der Waals surface area contributed by atoms with Gasteiger partial charge in [0.25, 0.3) is 20.2 Å². The first kappa shape index (κ1) is 21.3. The van der Waals surface area contributed by atoms with Crippen LogP contribution in [0.25, 0.3) is 10.8 Å². The van der Waals surface area contributed by atoms with Crippen LogP contribution < -0.4 is 5.73 Å². The van der Waals surface area contributed by atoms with Crippen LogP contribution >= 0.6 is 0 Å². The molecule has 0 saturated carbocycles. The topological polar surface area (TPSA) is 135 Å². The van der Waals surface area contributed by atoms with Gasteiger partial charge < -0.3 is 5.73 Å². The molecule has 106 valence electrons. The van der Waals surface area contributed by atoms with E-state index in [9.17, 15) is 16.8 Å². The van der Waals surface area contributed by atoms with E-state index in [2.05, 4.69) is 0 Å². The van der Waals surface area contributed by atoms with Gasteiger partial charge in [-0.2, -0.15) is 16.8 Å². The van der Waals surface area contributed by atoms with E-state index in [1.807, 2.05) is 0 Å². The second-order valence-corrected chi connectivity index (χ2v) is 6.66. The summed E-state index contributed by atoms with van der Waals surface area (Å²) in [6.45, 7) is 0. The number of nitrogen functional groups attached to an aromatic ring is 1. The molecule has 21 heavy (non-hydrogen) atoms. The molecular weight excluding hydrogens is 340 g/mol. The van der Waals surface area contributed by atoms with E-state index in [0.29, 0.717) is 5.39 Å². The summed E-state index contributed by atoms with van der Waals surface area (Å²) in [5, 5.41) is 0.675. The Balaban J connectivity index is 0.00000200. The summed E-state index contributed by atoms with van der Waals surface area (Å²) in [6.07, 6.45) is 0. The van der Waals surface area contributed by atoms with E-state index in [-0.39, 0.29) is 75.1 Å². The van der Waals surface area contributed by atoms with Gasteiger partial charge in [0.2, 0.25) is 0 Å². The van der Waals surface area contributed by atoms with E-state index >= 15 is 0 Å². The number of rotatable bonds is 2. The maximum atomic E-state index is 11.1. The zero-order valence-electron chi connectivity index (χ0n) is 9.31. The maximum absolute atomic E-state index is 11.1. The van der Waals surface area contributed by atoms with Gasteiger partial charge in [-0.1, -0.05) is 6.07 Å². The van der Waals surface area contributed by atoms with E-state index < -0.39 is 25.1 Å². The van der Waals surface area contributed by atoms with Crippen molar-refractivity contribution in [3.05, 3.63) is 30.3 Å². The molecule has 0 aliphatic heterocycles. The Labute approximate surface area is 166 Å². The van der Waals surface area contributed by atoms with Gasteiger partial charge >= 0.3 is 59.1 Å². The normalized spacial score (nSPS) is 11.5. The number of hydrogen-bond donors (Lipinski definition) is 3. The van der Waals surface area contributed by atoms with Gasteiger partial charge in [0, 0.05) is 0 Å². The number of nitrogens with two attached hydrogens (primary N) is 1.